The molecular weight excluding hydrogens is 438 g/mol. The van der Waals surface area contributed by atoms with Gasteiger partial charge in [-0.15, -0.1) is 0 Å². The van der Waals surface area contributed by atoms with Gasteiger partial charge in [0.05, 0.1) is 17.8 Å². The van der Waals surface area contributed by atoms with Crippen molar-refractivity contribution in [3.05, 3.63) is 89.0 Å². The maximum Gasteiger partial charge on any atom is 0.130 e. The molecule has 7 heteroatoms. The molecule has 0 amide bonds. The van der Waals surface area contributed by atoms with Gasteiger partial charge in [0.25, 0.3) is 0 Å². The molecule has 2 aromatic heterocycles. The summed E-state index contributed by atoms with van der Waals surface area (Å²) in [6, 6.07) is 11.8. The zero-order valence-electron chi connectivity index (χ0n) is 21.4. The van der Waals surface area contributed by atoms with E-state index in [-0.39, 0.29) is 11.2 Å². The summed E-state index contributed by atoms with van der Waals surface area (Å²) in [4.78, 5) is 4.34. The molecule has 0 radical (unpaired) electrons. The Morgan fingerprint density at radius 2 is 1.83 bits per heavy atom. The molecule has 0 fully saturated rings. The predicted octanol–water partition coefficient (Wildman–Crippen LogP) is 5.21. The van der Waals surface area contributed by atoms with E-state index in [9.17, 15) is 5.11 Å². The molecule has 188 valence electrons. The summed E-state index contributed by atoms with van der Waals surface area (Å²) in [5.74, 6) is 0.712. The summed E-state index contributed by atoms with van der Waals surface area (Å²) < 4.78 is 8.25. The van der Waals surface area contributed by atoms with Crippen LogP contribution in [0.1, 0.15) is 51.6 Å². The molecule has 0 spiro atoms. The molecule has 0 saturated heterocycles. The third-order valence-corrected chi connectivity index (χ3v) is 5.50. The highest BCUT2D eigenvalue weighted by atomic mass is 16.5. The van der Waals surface area contributed by atoms with Crippen molar-refractivity contribution in [2.45, 2.75) is 66.2 Å². The molecule has 3 aromatic rings. The maximum absolute atomic E-state index is 10.8. The standard InChI is InChI=1S/C28H38N5O2/c1-27(2,3)15-23-22-14-21(35-18-20-8-6-7-13-32-20)10-11-24(22)33(25(23)16-28(4,5)34)17-19(29)9-12-26(30)31/h6-14,30,34H,15-18,29,31H2,1-5H3/q-1/b19-9-,26-12-. The molecule has 0 saturated carbocycles. The smallest absolute Gasteiger partial charge is 0.130 e. The minimum atomic E-state index is -0.902. The number of allylic oxidation sites excluding steroid dienone is 3. The minimum Gasteiger partial charge on any atom is -0.495 e. The zero-order valence-corrected chi connectivity index (χ0v) is 21.4. The van der Waals surface area contributed by atoms with E-state index >= 15 is 0 Å². The van der Waals surface area contributed by atoms with E-state index in [2.05, 4.69) is 36.4 Å². The average Bonchev–Trinajstić information content (AvgIpc) is 3.01. The SMILES string of the molecule is CC(C)(C)Cc1c(CC(C)(C)O)n(C/C(N)=C/C=C(/[NH-])N)c2ccc(OCc3ccccn3)cc12. The second-order valence-corrected chi connectivity index (χ2v) is 10.9. The van der Waals surface area contributed by atoms with Crippen molar-refractivity contribution in [1.29, 1.82) is 0 Å². The number of aliphatic hydroxyl groups is 1. The molecular formula is C28H38N5O2-. The fourth-order valence-corrected chi connectivity index (χ4v) is 4.14. The van der Waals surface area contributed by atoms with Gasteiger partial charge in [-0.05, 0) is 67.7 Å². The Labute approximate surface area is 208 Å². The molecule has 1 aromatic carbocycles. The van der Waals surface area contributed by atoms with Gasteiger partial charge in [-0.25, -0.2) is 0 Å². The largest absolute Gasteiger partial charge is 0.495 e. The van der Waals surface area contributed by atoms with Gasteiger partial charge in [-0.1, -0.05) is 38.7 Å². The van der Waals surface area contributed by atoms with Crippen molar-refractivity contribution < 1.29 is 9.84 Å². The monoisotopic (exact) mass is 476 g/mol. The number of benzene rings is 1. The summed E-state index contributed by atoms with van der Waals surface area (Å²) in [5.41, 5.74) is 23.1. The van der Waals surface area contributed by atoms with Crippen LogP contribution in [0.5, 0.6) is 5.75 Å². The molecule has 0 aliphatic carbocycles. The van der Waals surface area contributed by atoms with Gasteiger partial charge in [-0.3, -0.25) is 4.98 Å². The third kappa shape index (κ3) is 7.52. The van der Waals surface area contributed by atoms with Crippen LogP contribution in [0.25, 0.3) is 16.6 Å². The molecule has 0 atom stereocenters. The van der Waals surface area contributed by atoms with Gasteiger partial charge < -0.3 is 31.6 Å². The van der Waals surface area contributed by atoms with Crippen molar-refractivity contribution >= 4 is 10.9 Å². The van der Waals surface area contributed by atoms with Crippen LogP contribution in [-0.2, 0) is 26.0 Å². The number of nitrogens with two attached hydrogens (primary N) is 2. The third-order valence-electron chi connectivity index (χ3n) is 5.50. The van der Waals surface area contributed by atoms with Crippen LogP contribution in [0, 0.1) is 5.41 Å². The second-order valence-electron chi connectivity index (χ2n) is 10.9. The lowest BCUT2D eigenvalue weighted by atomic mass is 9.85. The first-order valence-corrected chi connectivity index (χ1v) is 11.8. The van der Waals surface area contributed by atoms with Gasteiger partial charge in [0.2, 0.25) is 0 Å². The van der Waals surface area contributed by atoms with Crippen LogP contribution in [0.3, 0.4) is 0 Å². The summed E-state index contributed by atoms with van der Waals surface area (Å²) >= 11 is 0. The van der Waals surface area contributed by atoms with E-state index in [1.165, 1.54) is 11.6 Å². The highest BCUT2D eigenvalue weighted by molar-refractivity contribution is 5.87. The molecule has 35 heavy (non-hydrogen) atoms. The molecule has 6 N–H and O–H groups in total. The highest BCUT2D eigenvalue weighted by Gasteiger charge is 2.26. The number of ether oxygens (including phenoxy) is 1. The van der Waals surface area contributed by atoms with E-state index in [0.29, 0.717) is 25.3 Å². The Balaban J connectivity index is 2.13. The quantitative estimate of drug-likeness (QED) is 0.366. The summed E-state index contributed by atoms with van der Waals surface area (Å²) in [6.45, 7) is 11.1. The van der Waals surface area contributed by atoms with Crippen molar-refractivity contribution in [3.8, 4) is 5.75 Å². The molecule has 0 unspecified atom stereocenters. The Bertz CT molecular complexity index is 1210. The number of rotatable bonds is 9. The number of fused-ring (bicyclic) bond motifs is 1. The fraction of sp³-hybridized carbons (Fsp3) is 0.393. The number of nitrogens with zero attached hydrogens (tertiary/aromatic N) is 2. The Morgan fingerprint density at radius 3 is 2.43 bits per heavy atom. The maximum atomic E-state index is 10.8. The molecule has 0 aliphatic rings. The van der Waals surface area contributed by atoms with Crippen LogP contribution in [0.4, 0.5) is 0 Å². The van der Waals surface area contributed by atoms with Gasteiger partial charge in [0.15, 0.2) is 0 Å². The lowest BCUT2D eigenvalue weighted by Crippen LogP contribution is -2.26. The first-order chi connectivity index (χ1) is 16.3. The molecule has 0 aliphatic heterocycles. The Kier molecular flexibility index (Phi) is 7.80. The van der Waals surface area contributed by atoms with Gasteiger partial charge >= 0.3 is 0 Å². The van der Waals surface area contributed by atoms with Crippen LogP contribution in [0.15, 0.2) is 66.3 Å². The number of hydrogen-bond donors (Lipinski definition) is 3. The van der Waals surface area contributed by atoms with Crippen LogP contribution in [0.2, 0.25) is 0 Å². The summed E-state index contributed by atoms with van der Waals surface area (Å²) in [6.07, 6.45) is 6.20. The van der Waals surface area contributed by atoms with Gasteiger partial charge in [-0.2, -0.15) is 0 Å². The van der Waals surface area contributed by atoms with Gasteiger partial charge in [0, 0.05) is 34.9 Å². The number of pyridine rings is 1. The van der Waals surface area contributed by atoms with Crippen molar-refractivity contribution in [1.82, 2.24) is 9.55 Å². The normalized spacial score (nSPS) is 13.4. The van der Waals surface area contributed by atoms with E-state index in [4.69, 9.17) is 21.9 Å². The Morgan fingerprint density at radius 1 is 1.09 bits per heavy atom. The van der Waals surface area contributed by atoms with E-state index < -0.39 is 5.60 Å². The van der Waals surface area contributed by atoms with E-state index in [0.717, 1.165) is 34.5 Å². The predicted molar refractivity (Wildman–Crippen MR) is 143 cm³/mol. The zero-order chi connectivity index (χ0) is 25.8. The fourth-order valence-electron chi connectivity index (χ4n) is 4.14. The van der Waals surface area contributed by atoms with E-state index in [1.54, 1.807) is 12.3 Å². The highest BCUT2D eigenvalue weighted by Crippen LogP contribution is 2.36. The summed E-state index contributed by atoms with van der Waals surface area (Å²) in [7, 11) is 0. The number of nitrogens with one attached hydrogen (secondary N) is 1. The van der Waals surface area contributed by atoms with Crippen LogP contribution in [-0.4, -0.2) is 20.3 Å². The number of hydrogen-bond acceptors (Lipinski definition) is 5. The molecule has 2 heterocycles. The molecule has 3 rings (SSSR count). The average molecular weight is 477 g/mol. The van der Waals surface area contributed by atoms with Crippen LogP contribution < -0.4 is 16.2 Å². The lowest BCUT2D eigenvalue weighted by Gasteiger charge is -2.24. The Hall–Kier alpha value is -3.45. The minimum absolute atomic E-state index is 0.0298. The lowest BCUT2D eigenvalue weighted by molar-refractivity contribution is 0.0788. The van der Waals surface area contributed by atoms with Crippen molar-refractivity contribution in [2.24, 2.45) is 16.9 Å². The molecule has 0 bridgehead atoms. The van der Waals surface area contributed by atoms with Gasteiger partial charge in [0.1, 0.15) is 12.4 Å². The number of aromatic nitrogens is 2. The van der Waals surface area contributed by atoms with Crippen molar-refractivity contribution in [3.63, 3.8) is 0 Å². The topological polar surface area (TPSA) is 123 Å². The first-order valence-electron chi connectivity index (χ1n) is 11.8. The molecule has 7 nitrogen and oxygen atoms in total. The van der Waals surface area contributed by atoms with Crippen LogP contribution >= 0.6 is 0 Å². The summed E-state index contributed by atoms with van der Waals surface area (Å²) in [5, 5.41) is 11.9. The van der Waals surface area contributed by atoms with E-state index in [1.807, 2.05) is 44.2 Å². The second kappa shape index (κ2) is 10.4. The first kappa shape index (κ1) is 26.2. The van der Waals surface area contributed by atoms with Crippen molar-refractivity contribution in [2.75, 3.05) is 0 Å².